The lowest BCUT2D eigenvalue weighted by molar-refractivity contribution is -0.384. The van der Waals surface area contributed by atoms with Gasteiger partial charge in [-0.25, -0.2) is 14.1 Å². The molecule has 0 N–H and O–H groups in total. The van der Waals surface area contributed by atoms with Crippen molar-refractivity contribution in [2.45, 2.75) is 19.9 Å². The van der Waals surface area contributed by atoms with E-state index in [2.05, 4.69) is 9.24 Å². The minimum Gasteiger partial charge on any atom is -0.410 e. The number of hydrogen-bond acceptors (Lipinski definition) is 6. The van der Waals surface area contributed by atoms with Crippen molar-refractivity contribution in [3.05, 3.63) is 64.0 Å². The summed E-state index contributed by atoms with van der Waals surface area (Å²) < 4.78 is 23.9. The smallest absolute Gasteiger partial charge is 0.410 e. The third kappa shape index (κ3) is 5.34. The number of morpholine rings is 1. The highest BCUT2D eigenvalue weighted by molar-refractivity contribution is 7.27. The average molecular weight is 422 g/mol. The first-order valence-electron chi connectivity index (χ1n) is 8.78. The van der Waals surface area contributed by atoms with Crippen molar-refractivity contribution < 1.29 is 28.4 Å². The van der Waals surface area contributed by atoms with Gasteiger partial charge in [-0.1, -0.05) is 19.9 Å². The van der Waals surface area contributed by atoms with E-state index in [0.717, 1.165) is 4.90 Å². The fourth-order valence-electron chi connectivity index (χ4n) is 2.61. The summed E-state index contributed by atoms with van der Waals surface area (Å²) in [5, 5.41) is 11.0. The summed E-state index contributed by atoms with van der Waals surface area (Å²) in [4.78, 5) is 35.8. The van der Waals surface area contributed by atoms with Gasteiger partial charge in [-0.3, -0.25) is 14.9 Å². The Labute approximate surface area is 169 Å². The molecule has 8 nitrogen and oxygen atoms in total. The van der Waals surface area contributed by atoms with Gasteiger partial charge < -0.3 is 9.47 Å². The highest BCUT2D eigenvalue weighted by Crippen LogP contribution is 2.27. The van der Waals surface area contributed by atoms with Gasteiger partial charge >= 0.3 is 6.09 Å². The Morgan fingerprint density at radius 3 is 2.52 bits per heavy atom. The lowest BCUT2D eigenvalue weighted by Crippen LogP contribution is -2.48. The summed E-state index contributed by atoms with van der Waals surface area (Å²) in [5.41, 5.74) is 0.351. The molecule has 0 aromatic heterocycles. The normalized spacial score (nSPS) is 15.9. The fraction of sp³-hybridized carbons (Fsp3) is 0.263. The van der Waals surface area contributed by atoms with E-state index < -0.39 is 28.8 Å². The maximum atomic E-state index is 13.5. The molecule has 1 fully saturated rings. The fourth-order valence-corrected chi connectivity index (χ4v) is 2.89. The number of amides is 2. The van der Waals surface area contributed by atoms with E-state index in [1.54, 1.807) is 0 Å². The number of nitro groups is 1. The molecule has 1 heterocycles. The third-order valence-electron chi connectivity index (χ3n) is 3.94. The maximum absolute atomic E-state index is 13.5. The number of carbonyl (C=O) groups excluding carboxylic acids is 2. The summed E-state index contributed by atoms with van der Waals surface area (Å²) in [5.74, 6) is -0.992. The second kappa shape index (κ2) is 10.0. The second-order valence-corrected chi connectivity index (χ2v) is 6.32. The van der Waals surface area contributed by atoms with E-state index in [1.807, 2.05) is 13.8 Å². The van der Waals surface area contributed by atoms with Gasteiger partial charge in [-0.15, -0.1) is 9.24 Å². The van der Waals surface area contributed by atoms with Crippen molar-refractivity contribution in [2.75, 3.05) is 13.2 Å². The van der Waals surface area contributed by atoms with Crippen molar-refractivity contribution in [2.24, 2.45) is 0 Å². The van der Waals surface area contributed by atoms with Crippen LogP contribution in [0.2, 0.25) is 0 Å². The molecule has 29 heavy (non-hydrogen) atoms. The minimum absolute atomic E-state index is 0.0385. The van der Waals surface area contributed by atoms with Crippen molar-refractivity contribution in [1.29, 1.82) is 0 Å². The molecule has 0 bridgehead atoms. The molecule has 2 aromatic carbocycles. The Bertz CT molecular complexity index is 906. The highest BCUT2D eigenvalue weighted by atomic mass is 31.0. The molecule has 0 saturated carbocycles. The molecule has 1 aliphatic rings. The van der Waals surface area contributed by atoms with Gasteiger partial charge in [0.25, 0.3) is 11.6 Å². The first kappa shape index (κ1) is 22.4. The highest BCUT2D eigenvalue weighted by Gasteiger charge is 2.36. The molecule has 1 saturated heterocycles. The Hall–Kier alpha value is -2.90. The zero-order valence-electron chi connectivity index (χ0n) is 15.8. The standard InChI is InChI=1S/C17H14FN2O6P.C2H6/c18-13-6-1-10(7-15(13)27)14-8-25-9-16(21)19(14)17(22)26-12-4-2-11(3-5-12)20(23)24;1-2/h1-7,14H,8-9,27H2;1-2H3. The van der Waals surface area contributed by atoms with Crippen molar-refractivity contribution in [3.8, 4) is 5.75 Å². The molecule has 1 aliphatic heterocycles. The zero-order valence-corrected chi connectivity index (χ0v) is 17.0. The third-order valence-corrected chi connectivity index (χ3v) is 4.38. The van der Waals surface area contributed by atoms with E-state index in [4.69, 9.17) is 9.47 Å². The van der Waals surface area contributed by atoms with Crippen molar-refractivity contribution >= 4 is 32.2 Å². The number of hydrogen-bond donors (Lipinski definition) is 0. The molecule has 10 heteroatoms. The summed E-state index contributed by atoms with van der Waals surface area (Å²) in [6.45, 7) is 3.75. The number of rotatable bonds is 3. The van der Waals surface area contributed by atoms with Gasteiger partial charge in [-0.2, -0.15) is 0 Å². The monoisotopic (exact) mass is 422 g/mol. The topological polar surface area (TPSA) is 99.0 Å². The molecule has 2 aromatic rings. The Morgan fingerprint density at radius 1 is 1.28 bits per heavy atom. The molecule has 0 radical (unpaired) electrons. The van der Waals surface area contributed by atoms with Crippen LogP contribution in [-0.2, 0) is 9.53 Å². The lowest BCUT2D eigenvalue weighted by atomic mass is 10.1. The van der Waals surface area contributed by atoms with Crippen LogP contribution < -0.4 is 10.0 Å². The van der Waals surface area contributed by atoms with Crippen LogP contribution in [0.15, 0.2) is 42.5 Å². The van der Waals surface area contributed by atoms with E-state index in [0.29, 0.717) is 5.56 Å². The summed E-state index contributed by atoms with van der Waals surface area (Å²) in [6.07, 6.45) is -0.947. The van der Waals surface area contributed by atoms with Gasteiger partial charge in [-0.05, 0) is 29.8 Å². The van der Waals surface area contributed by atoms with Crippen LogP contribution in [0.4, 0.5) is 14.9 Å². The lowest BCUT2D eigenvalue weighted by Gasteiger charge is -2.33. The number of nitrogens with zero attached hydrogens (tertiary/aromatic N) is 2. The molecule has 2 unspecified atom stereocenters. The van der Waals surface area contributed by atoms with Gasteiger partial charge in [0.05, 0.1) is 17.6 Å². The average Bonchev–Trinajstić information content (AvgIpc) is 2.71. The van der Waals surface area contributed by atoms with Gasteiger partial charge in [0.1, 0.15) is 18.2 Å². The number of imide groups is 1. The number of halogens is 1. The largest absolute Gasteiger partial charge is 0.422 e. The van der Waals surface area contributed by atoms with Crippen LogP contribution in [0.3, 0.4) is 0 Å². The molecule has 0 aliphatic carbocycles. The summed E-state index contributed by atoms with van der Waals surface area (Å²) in [7, 11) is 2.24. The van der Waals surface area contributed by atoms with Crippen molar-refractivity contribution in [3.63, 3.8) is 0 Å². The van der Waals surface area contributed by atoms with Crippen LogP contribution in [0.1, 0.15) is 25.5 Å². The summed E-state index contributed by atoms with van der Waals surface area (Å²) >= 11 is 0. The maximum Gasteiger partial charge on any atom is 0.422 e. The number of non-ortho nitro benzene ring substituents is 1. The van der Waals surface area contributed by atoms with Gasteiger partial charge in [0.2, 0.25) is 0 Å². The van der Waals surface area contributed by atoms with E-state index in [9.17, 15) is 24.1 Å². The number of ether oxygens (including phenoxy) is 2. The number of nitro benzene ring substituents is 1. The van der Waals surface area contributed by atoms with Crippen LogP contribution in [0.5, 0.6) is 5.75 Å². The summed E-state index contributed by atoms with van der Waals surface area (Å²) in [6, 6.07) is 8.29. The number of carbonyl (C=O) groups is 2. The Kier molecular flexibility index (Phi) is 7.75. The first-order chi connectivity index (χ1) is 13.9. The second-order valence-electron chi connectivity index (χ2n) is 5.69. The van der Waals surface area contributed by atoms with Crippen LogP contribution >= 0.6 is 9.24 Å². The quantitative estimate of drug-likeness (QED) is 0.427. The van der Waals surface area contributed by atoms with Crippen molar-refractivity contribution in [1.82, 2.24) is 4.90 Å². The minimum atomic E-state index is -0.947. The van der Waals surface area contributed by atoms with Crippen LogP contribution in [0.25, 0.3) is 0 Å². The van der Waals surface area contributed by atoms with Crippen LogP contribution in [-0.4, -0.2) is 35.0 Å². The molecular weight excluding hydrogens is 402 g/mol. The van der Waals surface area contributed by atoms with Crippen LogP contribution in [0, 0.1) is 15.9 Å². The molecule has 154 valence electrons. The van der Waals surface area contributed by atoms with Gasteiger partial charge in [0, 0.05) is 17.4 Å². The first-order valence-corrected chi connectivity index (χ1v) is 9.35. The molecule has 3 rings (SSSR count). The molecule has 2 atom stereocenters. The van der Waals surface area contributed by atoms with E-state index >= 15 is 0 Å². The predicted octanol–water partition coefficient (Wildman–Crippen LogP) is 3.36. The Balaban J connectivity index is 0.00000145. The molecule has 2 amide bonds. The molecular formula is C19H20FN2O6P. The van der Waals surface area contributed by atoms with E-state index in [-0.39, 0.29) is 30.0 Å². The van der Waals surface area contributed by atoms with Gasteiger partial charge in [0.15, 0.2) is 0 Å². The zero-order chi connectivity index (χ0) is 21.6. The molecule has 0 spiro atoms. The SMILES string of the molecule is CC.O=C1COCC(c2ccc(F)c(P)c2)N1C(=O)Oc1ccc([N+](=O)[O-])cc1. The Morgan fingerprint density at radius 2 is 1.93 bits per heavy atom. The number of benzene rings is 2. The van der Waals surface area contributed by atoms with E-state index in [1.165, 1.54) is 42.5 Å². The predicted molar refractivity (Wildman–Crippen MR) is 107 cm³/mol.